The fourth-order valence-electron chi connectivity index (χ4n) is 3.18. The Balaban J connectivity index is 1.99. The van der Waals surface area contributed by atoms with Crippen molar-refractivity contribution in [3.05, 3.63) is 24.8 Å². The van der Waals surface area contributed by atoms with Gasteiger partial charge in [-0.15, -0.1) is 0 Å². The first-order valence-electron chi connectivity index (χ1n) is 7.37. The fraction of sp³-hybridized carbons (Fsp3) is 0.562. The average Bonchev–Trinajstić information content (AvgIpc) is 2.92. The topological polar surface area (TPSA) is 62.1 Å². The number of fused-ring (bicyclic) bond motifs is 1. The van der Waals surface area contributed by atoms with Crippen LogP contribution in [-0.2, 0) is 0 Å². The molecule has 3 heterocycles. The Morgan fingerprint density at radius 3 is 2.81 bits per heavy atom. The van der Waals surface area contributed by atoms with Gasteiger partial charge in [-0.2, -0.15) is 0 Å². The third-order valence-corrected chi connectivity index (χ3v) is 4.96. The molecule has 1 fully saturated rings. The normalized spacial score (nSPS) is 23.0. The van der Waals surface area contributed by atoms with Gasteiger partial charge in [0.15, 0.2) is 0 Å². The summed E-state index contributed by atoms with van der Waals surface area (Å²) in [4.78, 5) is 15.2. The van der Waals surface area contributed by atoms with Gasteiger partial charge >= 0.3 is 0 Å². The third kappa shape index (κ3) is 2.25. The van der Waals surface area contributed by atoms with Gasteiger partial charge < -0.3 is 10.0 Å². The summed E-state index contributed by atoms with van der Waals surface area (Å²) in [5, 5.41) is 10.9. The first-order valence-corrected chi connectivity index (χ1v) is 7.37. The number of aliphatic hydroxyl groups excluding tert-OH is 1. The van der Waals surface area contributed by atoms with Crippen molar-refractivity contribution >= 4 is 16.7 Å². The number of rotatable bonds is 2. The molecule has 2 aromatic rings. The lowest BCUT2D eigenvalue weighted by molar-refractivity contribution is 0.0354. The molecule has 5 heteroatoms. The van der Waals surface area contributed by atoms with Gasteiger partial charge in [0.2, 0.25) is 0 Å². The van der Waals surface area contributed by atoms with Gasteiger partial charge in [0.25, 0.3) is 0 Å². The SMILES string of the molecule is CC(C)(C)C1(CO)CCN(c2nccc3ncncc23)C1. The first-order chi connectivity index (χ1) is 9.97. The molecule has 0 radical (unpaired) electrons. The van der Waals surface area contributed by atoms with Gasteiger partial charge in [-0.05, 0) is 17.9 Å². The van der Waals surface area contributed by atoms with Crippen LogP contribution in [0, 0.1) is 10.8 Å². The molecule has 1 saturated heterocycles. The number of hydrogen-bond donors (Lipinski definition) is 1. The number of pyridine rings is 1. The molecule has 21 heavy (non-hydrogen) atoms. The first kappa shape index (κ1) is 14.2. The van der Waals surface area contributed by atoms with E-state index in [1.165, 1.54) is 0 Å². The Morgan fingerprint density at radius 1 is 1.33 bits per heavy atom. The molecule has 3 rings (SSSR count). The standard InChI is InChI=1S/C16H22N4O/c1-15(2,3)16(10-21)5-7-20(9-16)14-12-8-17-11-19-13(12)4-6-18-14/h4,6,8,11,21H,5,7,9-10H2,1-3H3. The van der Waals surface area contributed by atoms with E-state index in [0.717, 1.165) is 36.2 Å². The summed E-state index contributed by atoms with van der Waals surface area (Å²) in [5.74, 6) is 0.924. The number of nitrogens with zero attached hydrogens (tertiary/aromatic N) is 4. The summed E-state index contributed by atoms with van der Waals surface area (Å²) < 4.78 is 0. The molecule has 1 unspecified atom stereocenters. The minimum atomic E-state index is -0.0908. The number of aromatic nitrogens is 3. The Morgan fingerprint density at radius 2 is 2.14 bits per heavy atom. The predicted octanol–water partition coefficient (Wildman–Crippen LogP) is 2.26. The van der Waals surface area contributed by atoms with E-state index in [1.807, 2.05) is 12.3 Å². The highest BCUT2D eigenvalue weighted by Crippen LogP contribution is 2.46. The molecule has 5 nitrogen and oxygen atoms in total. The zero-order valence-electron chi connectivity index (χ0n) is 12.9. The van der Waals surface area contributed by atoms with Gasteiger partial charge in [-0.3, -0.25) is 0 Å². The summed E-state index contributed by atoms with van der Waals surface area (Å²) in [6.07, 6.45) is 6.14. The van der Waals surface area contributed by atoms with Crippen LogP contribution in [0.1, 0.15) is 27.2 Å². The van der Waals surface area contributed by atoms with Gasteiger partial charge in [-0.25, -0.2) is 15.0 Å². The summed E-state index contributed by atoms with van der Waals surface area (Å²) in [6, 6.07) is 1.90. The van der Waals surface area contributed by atoms with Gasteiger partial charge in [0.05, 0.1) is 17.5 Å². The van der Waals surface area contributed by atoms with E-state index in [4.69, 9.17) is 0 Å². The van der Waals surface area contributed by atoms with E-state index < -0.39 is 0 Å². The summed E-state index contributed by atoms with van der Waals surface area (Å²) in [5.41, 5.74) is 0.872. The molecular formula is C16H22N4O. The van der Waals surface area contributed by atoms with Gasteiger partial charge in [0, 0.05) is 30.9 Å². The van der Waals surface area contributed by atoms with Crippen LogP contribution in [0.2, 0.25) is 0 Å². The molecule has 0 amide bonds. The van der Waals surface area contributed by atoms with E-state index in [0.29, 0.717) is 0 Å². The minimum absolute atomic E-state index is 0.0532. The molecule has 0 aliphatic carbocycles. The Kier molecular flexibility index (Phi) is 3.32. The zero-order valence-corrected chi connectivity index (χ0v) is 12.9. The van der Waals surface area contributed by atoms with E-state index in [-0.39, 0.29) is 17.4 Å². The van der Waals surface area contributed by atoms with Crippen molar-refractivity contribution in [2.45, 2.75) is 27.2 Å². The maximum Gasteiger partial charge on any atom is 0.139 e. The molecular weight excluding hydrogens is 264 g/mol. The largest absolute Gasteiger partial charge is 0.396 e. The second kappa shape index (κ2) is 4.91. The van der Waals surface area contributed by atoms with E-state index >= 15 is 0 Å². The van der Waals surface area contributed by atoms with E-state index in [1.54, 1.807) is 12.5 Å². The van der Waals surface area contributed by atoms with Crippen molar-refractivity contribution in [3.8, 4) is 0 Å². The van der Waals surface area contributed by atoms with Crippen LogP contribution in [0.25, 0.3) is 10.9 Å². The average molecular weight is 286 g/mol. The van der Waals surface area contributed by atoms with Crippen molar-refractivity contribution in [1.29, 1.82) is 0 Å². The lowest BCUT2D eigenvalue weighted by Crippen LogP contribution is -2.41. The Labute approximate surface area is 125 Å². The Hall–Kier alpha value is -1.75. The van der Waals surface area contributed by atoms with Crippen molar-refractivity contribution in [3.63, 3.8) is 0 Å². The van der Waals surface area contributed by atoms with Crippen LogP contribution in [0.15, 0.2) is 24.8 Å². The van der Waals surface area contributed by atoms with Crippen LogP contribution in [0.5, 0.6) is 0 Å². The predicted molar refractivity (Wildman–Crippen MR) is 83.1 cm³/mol. The molecule has 0 bridgehead atoms. The second-order valence-corrected chi connectivity index (χ2v) is 6.95. The van der Waals surface area contributed by atoms with Crippen molar-refractivity contribution in [1.82, 2.24) is 15.0 Å². The third-order valence-electron chi connectivity index (χ3n) is 4.96. The highest BCUT2D eigenvalue weighted by atomic mass is 16.3. The molecule has 2 aromatic heterocycles. The molecule has 112 valence electrons. The van der Waals surface area contributed by atoms with Crippen molar-refractivity contribution in [2.75, 3.05) is 24.6 Å². The van der Waals surface area contributed by atoms with Gasteiger partial charge in [0.1, 0.15) is 12.1 Å². The number of aliphatic hydroxyl groups is 1. The highest BCUT2D eigenvalue weighted by molar-refractivity contribution is 5.88. The molecule has 0 aromatic carbocycles. The second-order valence-electron chi connectivity index (χ2n) is 6.95. The van der Waals surface area contributed by atoms with Crippen LogP contribution in [-0.4, -0.2) is 39.8 Å². The van der Waals surface area contributed by atoms with Gasteiger partial charge in [-0.1, -0.05) is 20.8 Å². The number of hydrogen-bond acceptors (Lipinski definition) is 5. The summed E-state index contributed by atoms with van der Waals surface area (Å²) in [6.45, 7) is 8.52. The maximum atomic E-state index is 9.96. The van der Waals surface area contributed by atoms with Crippen LogP contribution in [0.3, 0.4) is 0 Å². The van der Waals surface area contributed by atoms with Crippen molar-refractivity contribution in [2.24, 2.45) is 10.8 Å². The smallest absolute Gasteiger partial charge is 0.139 e. The molecule has 1 aliphatic heterocycles. The fourth-order valence-corrected chi connectivity index (χ4v) is 3.18. The van der Waals surface area contributed by atoms with Crippen LogP contribution in [0.4, 0.5) is 5.82 Å². The molecule has 1 aliphatic rings. The van der Waals surface area contributed by atoms with Crippen molar-refractivity contribution < 1.29 is 5.11 Å². The van der Waals surface area contributed by atoms with Crippen LogP contribution >= 0.6 is 0 Å². The number of anilines is 1. The lowest BCUT2D eigenvalue weighted by atomic mass is 9.66. The molecule has 0 spiro atoms. The van der Waals surface area contributed by atoms with E-state index in [2.05, 4.69) is 40.6 Å². The minimum Gasteiger partial charge on any atom is -0.396 e. The maximum absolute atomic E-state index is 9.96. The summed E-state index contributed by atoms with van der Waals surface area (Å²) in [7, 11) is 0. The quantitative estimate of drug-likeness (QED) is 0.917. The monoisotopic (exact) mass is 286 g/mol. The zero-order chi connectivity index (χ0) is 15.1. The lowest BCUT2D eigenvalue weighted by Gasteiger charge is -2.40. The molecule has 0 saturated carbocycles. The molecule has 1 N–H and O–H groups in total. The van der Waals surface area contributed by atoms with Crippen LogP contribution < -0.4 is 4.90 Å². The highest BCUT2D eigenvalue weighted by Gasteiger charge is 2.47. The Bertz CT molecular complexity index is 647. The summed E-state index contributed by atoms with van der Waals surface area (Å²) >= 11 is 0. The van der Waals surface area contributed by atoms with E-state index in [9.17, 15) is 5.11 Å². The molecule has 1 atom stereocenters.